The number of nitrogens with one attached hydrogen (secondary N) is 1. The molecule has 1 atom stereocenters. The summed E-state index contributed by atoms with van der Waals surface area (Å²) in [5.74, 6) is -0.861. The van der Waals surface area contributed by atoms with Gasteiger partial charge in [0.15, 0.2) is 11.5 Å². The highest BCUT2D eigenvalue weighted by Gasteiger charge is 2.13. The lowest BCUT2D eigenvalue weighted by molar-refractivity contribution is -0.139. The molecule has 0 unspecified atom stereocenters. The smallest absolute Gasteiger partial charge is 0.387 e. The number of methoxy groups -OCH3 is 1. The largest absolute Gasteiger partial charge is 0.493 e. The van der Waals surface area contributed by atoms with E-state index >= 15 is 0 Å². The first-order chi connectivity index (χ1) is 8.93. The predicted molar refractivity (Wildman–Crippen MR) is 63.6 cm³/mol. The number of carboxylic acids is 1. The zero-order valence-corrected chi connectivity index (χ0v) is 10.5. The van der Waals surface area contributed by atoms with Crippen LogP contribution in [0.4, 0.5) is 8.78 Å². The highest BCUT2D eigenvalue weighted by Crippen LogP contribution is 2.29. The SMILES string of the molecule is COc1cc(CN[C@@H](C)C(=O)O)ccc1OC(F)F. The highest BCUT2D eigenvalue weighted by atomic mass is 19.3. The van der Waals surface area contributed by atoms with Gasteiger partial charge >= 0.3 is 12.6 Å². The van der Waals surface area contributed by atoms with Gasteiger partial charge in [0.25, 0.3) is 0 Å². The molecule has 1 aromatic rings. The lowest BCUT2D eigenvalue weighted by Crippen LogP contribution is -2.33. The van der Waals surface area contributed by atoms with Gasteiger partial charge in [-0.25, -0.2) is 0 Å². The summed E-state index contributed by atoms with van der Waals surface area (Å²) >= 11 is 0. The molecule has 106 valence electrons. The Labute approximate surface area is 109 Å². The molecule has 0 heterocycles. The van der Waals surface area contributed by atoms with Crippen LogP contribution in [-0.2, 0) is 11.3 Å². The van der Waals surface area contributed by atoms with Gasteiger partial charge in [-0.1, -0.05) is 6.07 Å². The van der Waals surface area contributed by atoms with Crippen molar-refractivity contribution in [2.75, 3.05) is 7.11 Å². The van der Waals surface area contributed by atoms with Gasteiger partial charge < -0.3 is 19.9 Å². The molecule has 0 saturated heterocycles. The van der Waals surface area contributed by atoms with Gasteiger partial charge in [-0.3, -0.25) is 4.79 Å². The monoisotopic (exact) mass is 275 g/mol. The lowest BCUT2D eigenvalue weighted by Gasteiger charge is -2.13. The molecule has 0 aliphatic rings. The average Bonchev–Trinajstić information content (AvgIpc) is 2.36. The fraction of sp³-hybridized carbons (Fsp3) is 0.417. The van der Waals surface area contributed by atoms with Gasteiger partial charge in [-0.15, -0.1) is 0 Å². The van der Waals surface area contributed by atoms with E-state index in [1.807, 2.05) is 0 Å². The van der Waals surface area contributed by atoms with Crippen molar-refractivity contribution in [3.8, 4) is 11.5 Å². The van der Waals surface area contributed by atoms with Crippen LogP contribution in [0.15, 0.2) is 18.2 Å². The molecule has 0 aliphatic heterocycles. The minimum absolute atomic E-state index is 0.0625. The van der Waals surface area contributed by atoms with Crippen molar-refractivity contribution in [3.05, 3.63) is 23.8 Å². The maximum Gasteiger partial charge on any atom is 0.387 e. The topological polar surface area (TPSA) is 67.8 Å². The van der Waals surface area contributed by atoms with E-state index in [4.69, 9.17) is 9.84 Å². The first kappa shape index (κ1) is 15.2. The van der Waals surface area contributed by atoms with Crippen molar-refractivity contribution >= 4 is 5.97 Å². The van der Waals surface area contributed by atoms with Crippen LogP contribution in [-0.4, -0.2) is 30.8 Å². The Hall–Kier alpha value is -1.89. The molecule has 0 aromatic heterocycles. The number of carbonyl (C=O) groups is 1. The van der Waals surface area contributed by atoms with Crippen LogP contribution in [0.3, 0.4) is 0 Å². The Bertz CT molecular complexity index is 440. The van der Waals surface area contributed by atoms with E-state index in [9.17, 15) is 13.6 Å². The van der Waals surface area contributed by atoms with E-state index in [1.54, 1.807) is 6.07 Å². The molecule has 1 aromatic carbocycles. The number of hydrogen-bond donors (Lipinski definition) is 2. The van der Waals surface area contributed by atoms with Crippen molar-refractivity contribution in [1.29, 1.82) is 0 Å². The van der Waals surface area contributed by atoms with Crippen LogP contribution < -0.4 is 14.8 Å². The van der Waals surface area contributed by atoms with Crippen molar-refractivity contribution < 1.29 is 28.2 Å². The lowest BCUT2D eigenvalue weighted by atomic mass is 10.2. The van der Waals surface area contributed by atoms with Crippen molar-refractivity contribution in [1.82, 2.24) is 5.32 Å². The fourth-order valence-electron chi connectivity index (χ4n) is 1.37. The molecule has 19 heavy (non-hydrogen) atoms. The molecular weight excluding hydrogens is 260 g/mol. The third-order valence-electron chi connectivity index (χ3n) is 2.43. The molecule has 5 nitrogen and oxygen atoms in total. The maximum absolute atomic E-state index is 12.1. The Morgan fingerprint density at radius 2 is 2.11 bits per heavy atom. The van der Waals surface area contributed by atoms with E-state index in [-0.39, 0.29) is 18.0 Å². The Balaban J connectivity index is 2.73. The quantitative estimate of drug-likeness (QED) is 0.795. The molecule has 1 rings (SSSR count). The molecule has 0 fully saturated rings. The molecular formula is C12H15F2NO4. The summed E-state index contributed by atoms with van der Waals surface area (Å²) in [7, 11) is 1.34. The number of carboxylic acid groups (broad SMARTS) is 1. The van der Waals surface area contributed by atoms with Gasteiger partial charge in [0.05, 0.1) is 7.11 Å². The number of ether oxygens (including phenoxy) is 2. The van der Waals surface area contributed by atoms with Crippen molar-refractivity contribution in [2.24, 2.45) is 0 Å². The van der Waals surface area contributed by atoms with Gasteiger partial charge in [0.1, 0.15) is 6.04 Å². The molecule has 0 amide bonds. The predicted octanol–water partition coefficient (Wildman–Crippen LogP) is 1.86. The van der Waals surface area contributed by atoms with E-state index in [0.717, 1.165) is 0 Å². The second-order valence-electron chi connectivity index (χ2n) is 3.80. The van der Waals surface area contributed by atoms with Crippen LogP contribution >= 0.6 is 0 Å². The highest BCUT2D eigenvalue weighted by molar-refractivity contribution is 5.72. The third-order valence-corrected chi connectivity index (χ3v) is 2.43. The standard InChI is InChI=1S/C12H15F2NO4/c1-7(11(16)17)15-6-8-3-4-9(19-12(13)14)10(5-8)18-2/h3-5,7,12,15H,6H2,1-2H3,(H,16,17)/t7-/m0/s1. The van der Waals surface area contributed by atoms with Gasteiger partial charge in [0.2, 0.25) is 0 Å². The Morgan fingerprint density at radius 3 is 2.63 bits per heavy atom. The molecule has 0 bridgehead atoms. The van der Waals surface area contributed by atoms with Crippen LogP contribution in [0.2, 0.25) is 0 Å². The molecule has 2 N–H and O–H groups in total. The summed E-state index contributed by atoms with van der Waals surface area (Å²) < 4.78 is 33.5. The molecule has 0 spiro atoms. The average molecular weight is 275 g/mol. The molecule has 0 saturated carbocycles. The Kier molecular flexibility index (Phi) is 5.50. The summed E-state index contributed by atoms with van der Waals surface area (Å²) in [6.07, 6.45) is 0. The molecule has 7 heteroatoms. The zero-order chi connectivity index (χ0) is 14.4. The van der Waals surface area contributed by atoms with E-state index in [2.05, 4.69) is 10.1 Å². The summed E-state index contributed by atoms with van der Waals surface area (Å²) in [6.45, 7) is -1.14. The van der Waals surface area contributed by atoms with Gasteiger partial charge in [0, 0.05) is 6.54 Å². The zero-order valence-electron chi connectivity index (χ0n) is 10.5. The third kappa shape index (κ3) is 4.70. The van der Waals surface area contributed by atoms with E-state index in [1.165, 1.54) is 26.2 Å². The number of aliphatic carboxylic acids is 1. The maximum atomic E-state index is 12.1. The number of rotatable bonds is 7. The van der Waals surface area contributed by atoms with Crippen LogP contribution in [0.5, 0.6) is 11.5 Å². The normalized spacial score (nSPS) is 12.3. The van der Waals surface area contributed by atoms with E-state index < -0.39 is 18.6 Å². The minimum Gasteiger partial charge on any atom is -0.493 e. The second-order valence-corrected chi connectivity index (χ2v) is 3.80. The first-order valence-electron chi connectivity index (χ1n) is 5.52. The number of halogens is 2. The Morgan fingerprint density at radius 1 is 1.42 bits per heavy atom. The fourth-order valence-corrected chi connectivity index (χ4v) is 1.37. The minimum atomic E-state index is -2.93. The summed E-state index contributed by atoms with van der Waals surface area (Å²) in [5, 5.41) is 11.5. The second kappa shape index (κ2) is 6.89. The van der Waals surface area contributed by atoms with Crippen molar-refractivity contribution in [3.63, 3.8) is 0 Å². The van der Waals surface area contributed by atoms with Gasteiger partial charge in [-0.2, -0.15) is 8.78 Å². The number of hydrogen-bond acceptors (Lipinski definition) is 4. The molecule has 0 aliphatic carbocycles. The van der Waals surface area contributed by atoms with E-state index in [0.29, 0.717) is 5.56 Å². The van der Waals surface area contributed by atoms with Crippen LogP contribution in [0.1, 0.15) is 12.5 Å². The van der Waals surface area contributed by atoms with Gasteiger partial charge in [-0.05, 0) is 24.6 Å². The first-order valence-corrected chi connectivity index (χ1v) is 5.52. The number of benzene rings is 1. The summed E-state index contributed by atoms with van der Waals surface area (Å²) in [4.78, 5) is 10.6. The van der Waals surface area contributed by atoms with Crippen LogP contribution in [0.25, 0.3) is 0 Å². The summed E-state index contributed by atoms with van der Waals surface area (Å²) in [6, 6.07) is 3.72. The molecule has 0 radical (unpaired) electrons. The van der Waals surface area contributed by atoms with Crippen molar-refractivity contribution in [2.45, 2.75) is 26.1 Å². The summed E-state index contributed by atoms with van der Waals surface area (Å²) in [5.41, 5.74) is 0.701. The number of alkyl halides is 2. The van der Waals surface area contributed by atoms with Crippen LogP contribution in [0, 0.1) is 0 Å².